The minimum absolute atomic E-state index is 0.0557. The Hall–Kier alpha value is -2.63. The van der Waals surface area contributed by atoms with Gasteiger partial charge in [-0.2, -0.15) is 0 Å². The van der Waals surface area contributed by atoms with Gasteiger partial charge in [-0.05, 0) is 25.3 Å². The summed E-state index contributed by atoms with van der Waals surface area (Å²) < 4.78 is 5.27. The SMILES string of the molecule is COc1cc(C(=O)N2CCC3(CCCN(C)C3=O)C2)c2ccccc2n1. The summed E-state index contributed by atoms with van der Waals surface area (Å²) in [7, 11) is 3.40. The van der Waals surface area contributed by atoms with Crippen molar-refractivity contribution in [2.45, 2.75) is 19.3 Å². The Kier molecular flexibility index (Phi) is 4.05. The molecule has 2 aliphatic rings. The fraction of sp³-hybridized carbons (Fsp3) is 0.450. The minimum Gasteiger partial charge on any atom is -0.481 e. The van der Waals surface area contributed by atoms with Crippen LogP contribution in [0.5, 0.6) is 5.88 Å². The van der Waals surface area contributed by atoms with Gasteiger partial charge in [0.25, 0.3) is 5.91 Å². The van der Waals surface area contributed by atoms with Crippen LogP contribution < -0.4 is 4.74 Å². The van der Waals surface area contributed by atoms with Crippen LogP contribution in [0.4, 0.5) is 0 Å². The van der Waals surface area contributed by atoms with Crippen LogP contribution in [-0.4, -0.2) is 60.4 Å². The highest BCUT2D eigenvalue weighted by Crippen LogP contribution is 2.40. The Morgan fingerprint density at radius 1 is 1.23 bits per heavy atom. The molecule has 0 radical (unpaired) electrons. The van der Waals surface area contributed by atoms with E-state index in [1.165, 1.54) is 0 Å². The predicted molar refractivity (Wildman–Crippen MR) is 98.1 cm³/mol. The predicted octanol–water partition coefficient (Wildman–Crippen LogP) is 2.33. The average Bonchev–Trinajstić information content (AvgIpc) is 3.09. The molecule has 0 N–H and O–H groups in total. The lowest BCUT2D eigenvalue weighted by molar-refractivity contribution is -0.143. The van der Waals surface area contributed by atoms with Crippen molar-refractivity contribution in [1.82, 2.24) is 14.8 Å². The normalized spacial score (nSPS) is 23.1. The van der Waals surface area contributed by atoms with Gasteiger partial charge in [0.1, 0.15) is 0 Å². The number of para-hydroxylation sites is 1. The Balaban J connectivity index is 1.67. The van der Waals surface area contributed by atoms with Gasteiger partial charge in [-0.15, -0.1) is 0 Å². The molecular weight excluding hydrogens is 330 g/mol. The van der Waals surface area contributed by atoms with Crippen LogP contribution in [0.25, 0.3) is 10.9 Å². The molecule has 2 saturated heterocycles. The largest absolute Gasteiger partial charge is 0.481 e. The molecule has 3 heterocycles. The number of likely N-dealkylation sites (tertiary alicyclic amines) is 2. The van der Waals surface area contributed by atoms with Crippen molar-refractivity contribution >= 4 is 22.7 Å². The van der Waals surface area contributed by atoms with Gasteiger partial charge < -0.3 is 14.5 Å². The highest BCUT2D eigenvalue weighted by Gasteiger charge is 2.48. The fourth-order valence-corrected chi connectivity index (χ4v) is 4.30. The zero-order valence-corrected chi connectivity index (χ0v) is 15.2. The Bertz CT molecular complexity index is 882. The summed E-state index contributed by atoms with van der Waals surface area (Å²) in [6, 6.07) is 9.27. The molecule has 1 aromatic carbocycles. The number of ether oxygens (including phenoxy) is 1. The van der Waals surface area contributed by atoms with E-state index in [4.69, 9.17) is 4.74 Å². The third kappa shape index (κ3) is 2.60. The zero-order valence-electron chi connectivity index (χ0n) is 15.2. The molecule has 1 aromatic heterocycles. The molecule has 0 saturated carbocycles. The van der Waals surface area contributed by atoms with Gasteiger partial charge in [-0.3, -0.25) is 9.59 Å². The smallest absolute Gasteiger partial charge is 0.254 e. The Morgan fingerprint density at radius 3 is 2.85 bits per heavy atom. The van der Waals surface area contributed by atoms with Crippen LogP contribution in [0, 0.1) is 5.41 Å². The molecule has 2 amide bonds. The summed E-state index contributed by atoms with van der Waals surface area (Å²) in [6.45, 7) is 1.91. The first-order valence-corrected chi connectivity index (χ1v) is 9.03. The van der Waals surface area contributed by atoms with Gasteiger partial charge in [0.05, 0.1) is 23.6 Å². The van der Waals surface area contributed by atoms with Gasteiger partial charge in [-0.25, -0.2) is 4.98 Å². The molecular formula is C20H23N3O3. The van der Waals surface area contributed by atoms with Crippen molar-refractivity contribution in [1.29, 1.82) is 0 Å². The van der Waals surface area contributed by atoms with Crippen molar-refractivity contribution < 1.29 is 14.3 Å². The molecule has 2 aromatic rings. The summed E-state index contributed by atoms with van der Waals surface area (Å²) >= 11 is 0. The molecule has 1 spiro atoms. The van der Waals surface area contributed by atoms with Crippen LogP contribution in [-0.2, 0) is 4.79 Å². The second-order valence-electron chi connectivity index (χ2n) is 7.32. The molecule has 0 aliphatic carbocycles. The lowest BCUT2D eigenvalue weighted by Crippen LogP contribution is -2.48. The highest BCUT2D eigenvalue weighted by atomic mass is 16.5. The number of benzene rings is 1. The van der Waals surface area contributed by atoms with E-state index >= 15 is 0 Å². The van der Waals surface area contributed by atoms with E-state index in [-0.39, 0.29) is 11.8 Å². The number of rotatable bonds is 2. The lowest BCUT2D eigenvalue weighted by atomic mass is 9.78. The van der Waals surface area contributed by atoms with Crippen molar-refractivity contribution in [2.75, 3.05) is 33.8 Å². The first kappa shape index (κ1) is 16.8. The fourth-order valence-electron chi connectivity index (χ4n) is 4.30. The van der Waals surface area contributed by atoms with Crippen molar-refractivity contribution in [3.05, 3.63) is 35.9 Å². The van der Waals surface area contributed by atoms with Gasteiger partial charge in [-0.1, -0.05) is 18.2 Å². The number of pyridine rings is 1. The zero-order chi connectivity index (χ0) is 18.3. The number of aromatic nitrogens is 1. The van der Waals surface area contributed by atoms with E-state index < -0.39 is 5.41 Å². The number of fused-ring (bicyclic) bond motifs is 1. The molecule has 2 aliphatic heterocycles. The number of carbonyl (C=O) groups excluding carboxylic acids is 2. The van der Waals surface area contributed by atoms with E-state index in [1.54, 1.807) is 13.2 Å². The summed E-state index contributed by atoms with van der Waals surface area (Å²) in [5, 5.41) is 0.811. The molecule has 2 fully saturated rings. The number of amides is 2. The molecule has 6 heteroatoms. The van der Waals surface area contributed by atoms with E-state index in [0.717, 1.165) is 36.7 Å². The van der Waals surface area contributed by atoms with Gasteiger partial charge in [0.15, 0.2) is 0 Å². The number of carbonyl (C=O) groups is 2. The summed E-state index contributed by atoms with van der Waals surface area (Å²) in [6.07, 6.45) is 2.60. The number of hydrogen-bond acceptors (Lipinski definition) is 4. The molecule has 26 heavy (non-hydrogen) atoms. The molecule has 1 atom stereocenters. The van der Waals surface area contributed by atoms with Crippen LogP contribution in [0.2, 0.25) is 0 Å². The molecule has 136 valence electrons. The highest BCUT2D eigenvalue weighted by molar-refractivity contribution is 6.06. The first-order valence-electron chi connectivity index (χ1n) is 9.03. The van der Waals surface area contributed by atoms with Crippen molar-refractivity contribution in [3.63, 3.8) is 0 Å². The van der Waals surface area contributed by atoms with E-state index in [9.17, 15) is 9.59 Å². The third-order valence-electron chi connectivity index (χ3n) is 5.72. The maximum absolute atomic E-state index is 13.3. The van der Waals surface area contributed by atoms with Gasteiger partial charge >= 0.3 is 0 Å². The van der Waals surface area contributed by atoms with Crippen LogP contribution >= 0.6 is 0 Å². The van der Waals surface area contributed by atoms with Gasteiger partial charge in [0.2, 0.25) is 11.8 Å². The Morgan fingerprint density at radius 2 is 2.04 bits per heavy atom. The van der Waals surface area contributed by atoms with E-state index in [0.29, 0.717) is 24.5 Å². The third-order valence-corrected chi connectivity index (χ3v) is 5.72. The summed E-state index contributed by atoms with van der Waals surface area (Å²) in [5.41, 5.74) is 0.911. The van der Waals surface area contributed by atoms with Crippen LogP contribution in [0.15, 0.2) is 30.3 Å². The van der Waals surface area contributed by atoms with Crippen molar-refractivity contribution in [3.8, 4) is 5.88 Å². The average molecular weight is 353 g/mol. The van der Waals surface area contributed by atoms with Crippen LogP contribution in [0.1, 0.15) is 29.6 Å². The summed E-state index contributed by atoms with van der Waals surface area (Å²) in [5.74, 6) is 0.547. The molecule has 1 unspecified atom stereocenters. The topological polar surface area (TPSA) is 62.7 Å². The maximum atomic E-state index is 13.3. The molecule has 6 nitrogen and oxygen atoms in total. The summed E-state index contributed by atoms with van der Waals surface area (Å²) in [4.78, 5) is 34.0. The minimum atomic E-state index is -0.407. The van der Waals surface area contributed by atoms with Crippen LogP contribution in [0.3, 0.4) is 0 Å². The number of methoxy groups -OCH3 is 1. The maximum Gasteiger partial charge on any atom is 0.254 e. The first-order chi connectivity index (χ1) is 12.5. The second kappa shape index (κ2) is 6.27. The Labute approximate surface area is 152 Å². The van der Waals surface area contributed by atoms with E-state index in [2.05, 4.69) is 4.98 Å². The number of nitrogens with zero attached hydrogens (tertiary/aromatic N) is 3. The quantitative estimate of drug-likeness (QED) is 0.831. The second-order valence-corrected chi connectivity index (χ2v) is 7.32. The van der Waals surface area contributed by atoms with E-state index in [1.807, 2.05) is 41.1 Å². The number of hydrogen-bond donors (Lipinski definition) is 0. The lowest BCUT2D eigenvalue weighted by Gasteiger charge is -2.37. The monoisotopic (exact) mass is 353 g/mol. The van der Waals surface area contributed by atoms with Crippen molar-refractivity contribution in [2.24, 2.45) is 5.41 Å². The molecule has 0 bridgehead atoms. The molecule has 4 rings (SSSR count). The number of piperidine rings is 1. The van der Waals surface area contributed by atoms with Gasteiger partial charge in [0, 0.05) is 38.1 Å². The standard InChI is InChI=1S/C20H23N3O3/c1-22-10-5-8-20(19(22)25)9-11-23(13-20)18(24)15-12-17(26-2)21-16-7-4-3-6-14(15)16/h3-4,6-7,12H,5,8-11,13H2,1-2H3.